The maximum absolute atomic E-state index is 5.56. The van der Waals surface area contributed by atoms with E-state index in [4.69, 9.17) is 14.2 Å². The third kappa shape index (κ3) is 4.56. The predicted octanol–water partition coefficient (Wildman–Crippen LogP) is 4.29. The van der Waals surface area contributed by atoms with E-state index >= 15 is 0 Å². The number of hydrogen-bond acceptors (Lipinski definition) is 3. The summed E-state index contributed by atoms with van der Waals surface area (Å²) >= 11 is 0. The third-order valence-corrected chi connectivity index (χ3v) is 2.94. The van der Waals surface area contributed by atoms with Crippen molar-refractivity contribution in [2.45, 2.75) is 6.92 Å². The van der Waals surface area contributed by atoms with Crippen LogP contribution in [0.1, 0.15) is 6.92 Å². The van der Waals surface area contributed by atoms with Crippen molar-refractivity contribution in [3.8, 4) is 22.6 Å². The molecule has 110 valence electrons. The Bertz CT molecular complexity index is 544. The molecule has 0 radical (unpaired) electrons. The summed E-state index contributed by atoms with van der Waals surface area (Å²) in [6.07, 6.45) is 1.42. The molecule has 0 saturated heterocycles. The Hall–Kier alpha value is -2.42. The maximum atomic E-state index is 5.56. The first-order valence-electron chi connectivity index (χ1n) is 7.02. The average molecular weight is 284 g/mol. The summed E-state index contributed by atoms with van der Waals surface area (Å²) in [5, 5.41) is 0. The van der Waals surface area contributed by atoms with Gasteiger partial charge in [0.2, 0.25) is 0 Å². The summed E-state index contributed by atoms with van der Waals surface area (Å²) in [5.41, 5.74) is 2.30. The van der Waals surface area contributed by atoms with Gasteiger partial charge in [-0.1, -0.05) is 30.8 Å². The Morgan fingerprint density at radius 3 is 1.81 bits per heavy atom. The maximum Gasteiger partial charge on any atom is 0.122 e. The average Bonchev–Trinajstić information content (AvgIpc) is 2.53. The molecule has 0 saturated carbocycles. The highest BCUT2D eigenvalue weighted by molar-refractivity contribution is 5.64. The van der Waals surface area contributed by atoms with Crippen LogP contribution in [0.15, 0.2) is 61.4 Å². The Balaban J connectivity index is 1.96. The van der Waals surface area contributed by atoms with Crippen molar-refractivity contribution in [3.63, 3.8) is 0 Å². The van der Waals surface area contributed by atoms with Crippen molar-refractivity contribution in [1.82, 2.24) is 0 Å². The monoisotopic (exact) mass is 284 g/mol. The normalized spacial score (nSPS) is 9.95. The van der Waals surface area contributed by atoms with Gasteiger partial charge in [-0.3, -0.25) is 0 Å². The molecular weight excluding hydrogens is 264 g/mol. The number of hydrogen-bond donors (Lipinski definition) is 0. The molecule has 0 N–H and O–H groups in total. The lowest BCUT2D eigenvalue weighted by atomic mass is 10.1. The Labute approximate surface area is 125 Å². The highest BCUT2D eigenvalue weighted by atomic mass is 16.5. The van der Waals surface area contributed by atoms with Gasteiger partial charge in [-0.05, 0) is 42.3 Å². The van der Waals surface area contributed by atoms with Crippen molar-refractivity contribution in [3.05, 3.63) is 61.4 Å². The molecule has 0 fully saturated rings. The van der Waals surface area contributed by atoms with Crippen molar-refractivity contribution >= 4 is 0 Å². The molecule has 3 nitrogen and oxygen atoms in total. The van der Waals surface area contributed by atoms with Gasteiger partial charge < -0.3 is 14.2 Å². The van der Waals surface area contributed by atoms with Crippen molar-refractivity contribution in [1.29, 1.82) is 0 Å². The molecule has 2 aromatic rings. The summed E-state index contributed by atoms with van der Waals surface area (Å²) in [5.74, 6) is 1.72. The molecule has 0 bridgehead atoms. The van der Waals surface area contributed by atoms with Crippen LogP contribution in [0.4, 0.5) is 0 Å². The molecule has 0 unspecified atom stereocenters. The van der Waals surface area contributed by atoms with E-state index in [-0.39, 0.29) is 0 Å². The largest absolute Gasteiger partial charge is 0.498 e. The van der Waals surface area contributed by atoms with Gasteiger partial charge in [0.1, 0.15) is 24.7 Å². The molecule has 0 atom stereocenters. The van der Waals surface area contributed by atoms with E-state index in [1.165, 1.54) is 6.26 Å². The van der Waals surface area contributed by atoms with E-state index in [1.54, 1.807) is 0 Å². The highest BCUT2D eigenvalue weighted by Gasteiger charge is 2.00. The van der Waals surface area contributed by atoms with E-state index in [2.05, 4.69) is 18.7 Å². The fourth-order valence-corrected chi connectivity index (χ4v) is 1.94. The summed E-state index contributed by atoms with van der Waals surface area (Å²) in [6, 6.07) is 16.1. The van der Waals surface area contributed by atoms with Gasteiger partial charge in [0, 0.05) is 0 Å². The van der Waals surface area contributed by atoms with E-state index < -0.39 is 0 Å². The van der Waals surface area contributed by atoms with Crippen LogP contribution < -0.4 is 9.47 Å². The van der Waals surface area contributed by atoms with Gasteiger partial charge in [0.25, 0.3) is 0 Å². The number of rotatable bonds is 8. The lowest BCUT2D eigenvalue weighted by molar-refractivity contribution is 0.179. The summed E-state index contributed by atoms with van der Waals surface area (Å²) in [7, 11) is 0. The number of benzene rings is 2. The minimum atomic E-state index is 0.504. The zero-order chi connectivity index (χ0) is 14.9. The molecule has 3 heteroatoms. The van der Waals surface area contributed by atoms with E-state index in [0.29, 0.717) is 19.8 Å². The van der Waals surface area contributed by atoms with Crippen LogP contribution in [0, 0.1) is 0 Å². The summed E-state index contributed by atoms with van der Waals surface area (Å²) in [6.45, 7) is 7.15. The fourth-order valence-electron chi connectivity index (χ4n) is 1.94. The van der Waals surface area contributed by atoms with E-state index in [0.717, 1.165) is 22.6 Å². The molecule has 0 aliphatic carbocycles. The van der Waals surface area contributed by atoms with Crippen LogP contribution in [0.3, 0.4) is 0 Å². The minimum Gasteiger partial charge on any atom is -0.498 e. The van der Waals surface area contributed by atoms with Crippen molar-refractivity contribution in [2.75, 3.05) is 19.8 Å². The molecule has 2 aromatic carbocycles. The molecule has 0 aliphatic heterocycles. The first kappa shape index (κ1) is 15.0. The first-order valence-corrected chi connectivity index (χ1v) is 7.02. The smallest absolute Gasteiger partial charge is 0.122 e. The minimum absolute atomic E-state index is 0.504. The molecular formula is C18H20O3. The number of ether oxygens (including phenoxy) is 3. The van der Waals surface area contributed by atoms with E-state index in [1.807, 2.05) is 43.3 Å². The lowest BCUT2D eigenvalue weighted by Crippen LogP contribution is -2.03. The van der Waals surface area contributed by atoms with Crippen LogP contribution in [-0.4, -0.2) is 19.8 Å². The Morgan fingerprint density at radius 2 is 1.33 bits per heavy atom. The Morgan fingerprint density at radius 1 is 0.810 bits per heavy atom. The standard InChI is InChI=1S/C18H20O3/c1-3-19-13-14-21-18-11-7-16(8-12-18)15-5-9-17(10-6-15)20-4-2/h3,5-12H,1,4,13-14H2,2H3. The van der Waals surface area contributed by atoms with Crippen LogP contribution in [-0.2, 0) is 4.74 Å². The quantitative estimate of drug-likeness (QED) is 0.534. The van der Waals surface area contributed by atoms with Gasteiger partial charge in [-0.2, -0.15) is 0 Å². The fraction of sp³-hybridized carbons (Fsp3) is 0.222. The second-order valence-electron chi connectivity index (χ2n) is 4.37. The third-order valence-electron chi connectivity index (χ3n) is 2.94. The molecule has 0 aliphatic rings. The van der Waals surface area contributed by atoms with Gasteiger partial charge in [-0.25, -0.2) is 0 Å². The topological polar surface area (TPSA) is 27.7 Å². The zero-order valence-electron chi connectivity index (χ0n) is 12.2. The molecule has 2 rings (SSSR count). The second kappa shape index (κ2) is 8.00. The molecule has 0 spiro atoms. The summed E-state index contributed by atoms with van der Waals surface area (Å²) < 4.78 is 16.0. The van der Waals surface area contributed by atoms with Gasteiger partial charge in [0.05, 0.1) is 12.9 Å². The van der Waals surface area contributed by atoms with E-state index in [9.17, 15) is 0 Å². The second-order valence-corrected chi connectivity index (χ2v) is 4.37. The highest BCUT2D eigenvalue weighted by Crippen LogP contribution is 2.24. The van der Waals surface area contributed by atoms with Crippen LogP contribution >= 0.6 is 0 Å². The SMILES string of the molecule is C=COCCOc1ccc(-c2ccc(OCC)cc2)cc1. The van der Waals surface area contributed by atoms with Crippen LogP contribution in [0.2, 0.25) is 0 Å². The molecule has 0 aromatic heterocycles. The first-order chi connectivity index (χ1) is 10.3. The van der Waals surface area contributed by atoms with Gasteiger partial charge in [0.15, 0.2) is 0 Å². The molecule has 0 amide bonds. The summed E-state index contributed by atoms with van der Waals surface area (Å²) in [4.78, 5) is 0. The molecule has 21 heavy (non-hydrogen) atoms. The van der Waals surface area contributed by atoms with Gasteiger partial charge in [-0.15, -0.1) is 0 Å². The molecule has 0 heterocycles. The van der Waals surface area contributed by atoms with Crippen molar-refractivity contribution < 1.29 is 14.2 Å². The predicted molar refractivity (Wildman–Crippen MR) is 84.7 cm³/mol. The van der Waals surface area contributed by atoms with Gasteiger partial charge >= 0.3 is 0 Å². The Kier molecular flexibility index (Phi) is 5.71. The van der Waals surface area contributed by atoms with Crippen molar-refractivity contribution in [2.24, 2.45) is 0 Å². The lowest BCUT2D eigenvalue weighted by Gasteiger charge is -2.08. The van der Waals surface area contributed by atoms with Crippen LogP contribution in [0.5, 0.6) is 11.5 Å². The zero-order valence-corrected chi connectivity index (χ0v) is 12.2. The van der Waals surface area contributed by atoms with Crippen LogP contribution in [0.25, 0.3) is 11.1 Å².